The Bertz CT molecular complexity index is 932. The first-order valence-electron chi connectivity index (χ1n) is 8.64. The number of carbonyl (C=O) groups excluding carboxylic acids is 1. The standard InChI is InChI=1S/C19H21N5O/c1-13-9-20-10-16(21-13)15-6-4-8-23(11-15)19(25)17-12-24-14(2)5-3-7-18(24)22-17/h3,5,7,9-10,12,15H,4,6,8,11H2,1-2H3/t15-/m1/s1. The highest BCUT2D eigenvalue weighted by Crippen LogP contribution is 2.26. The van der Waals surface area contributed by atoms with E-state index in [0.717, 1.165) is 42.1 Å². The van der Waals surface area contributed by atoms with Gasteiger partial charge < -0.3 is 9.30 Å². The van der Waals surface area contributed by atoms with E-state index in [4.69, 9.17) is 0 Å². The summed E-state index contributed by atoms with van der Waals surface area (Å²) in [5, 5.41) is 0. The average Bonchev–Trinajstić information content (AvgIpc) is 3.07. The first-order chi connectivity index (χ1) is 12.1. The van der Waals surface area contributed by atoms with Crippen LogP contribution in [-0.2, 0) is 0 Å². The molecule has 0 aliphatic carbocycles. The Morgan fingerprint density at radius 2 is 2.08 bits per heavy atom. The Labute approximate surface area is 146 Å². The highest BCUT2D eigenvalue weighted by atomic mass is 16.2. The number of hydrogen-bond donors (Lipinski definition) is 0. The Hall–Kier alpha value is -2.76. The lowest BCUT2D eigenvalue weighted by Crippen LogP contribution is -2.39. The van der Waals surface area contributed by atoms with Crippen molar-refractivity contribution in [2.45, 2.75) is 32.6 Å². The predicted octanol–water partition coefficient (Wildman–Crippen LogP) is 2.76. The van der Waals surface area contributed by atoms with Gasteiger partial charge in [0.25, 0.3) is 5.91 Å². The monoisotopic (exact) mass is 335 g/mol. The Morgan fingerprint density at radius 3 is 2.88 bits per heavy atom. The van der Waals surface area contributed by atoms with E-state index in [1.54, 1.807) is 6.20 Å². The van der Waals surface area contributed by atoms with E-state index in [2.05, 4.69) is 15.0 Å². The molecule has 0 radical (unpaired) electrons. The molecular weight excluding hydrogens is 314 g/mol. The second-order valence-electron chi connectivity index (χ2n) is 6.70. The van der Waals surface area contributed by atoms with Crippen molar-refractivity contribution in [3.63, 3.8) is 0 Å². The molecule has 0 saturated carbocycles. The van der Waals surface area contributed by atoms with Crippen molar-refractivity contribution < 1.29 is 4.79 Å². The first kappa shape index (κ1) is 15.7. The number of imidazole rings is 1. The number of aromatic nitrogens is 4. The topological polar surface area (TPSA) is 63.4 Å². The molecular formula is C19H21N5O. The SMILES string of the molecule is Cc1cncc([C@@H]2CCCN(C(=O)c3cn4c(C)cccc4n3)C2)n1. The fraction of sp³-hybridized carbons (Fsp3) is 0.368. The van der Waals surface area contributed by atoms with Crippen molar-refractivity contribution in [2.75, 3.05) is 13.1 Å². The van der Waals surface area contributed by atoms with Crippen molar-refractivity contribution >= 4 is 11.6 Å². The Balaban J connectivity index is 1.57. The fourth-order valence-electron chi connectivity index (χ4n) is 3.50. The fourth-order valence-corrected chi connectivity index (χ4v) is 3.50. The van der Waals surface area contributed by atoms with E-state index in [-0.39, 0.29) is 11.8 Å². The molecule has 0 spiro atoms. The normalized spacial score (nSPS) is 17.8. The summed E-state index contributed by atoms with van der Waals surface area (Å²) in [5.41, 5.74) is 4.27. The highest BCUT2D eigenvalue weighted by Gasteiger charge is 2.27. The Kier molecular flexibility index (Phi) is 3.95. The zero-order chi connectivity index (χ0) is 17.4. The van der Waals surface area contributed by atoms with Crippen LogP contribution in [0, 0.1) is 13.8 Å². The van der Waals surface area contributed by atoms with Crippen LogP contribution in [-0.4, -0.2) is 43.2 Å². The number of hydrogen-bond acceptors (Lipinski definition) is 4. The molecule has 1 aliphatic heterocycles. The second-order valence-corrected chi connectivity index (χ2v) is 6.70. The van der Waals surface area contributed by atoms with Crippen LogP contribution < -0.4 is 0 Å². The van der Waals surface area contributed by atoms with Gasteiger partial charge in [0.2, 0.25) is 0 Å². The zero-order valence-electron chi connectivity index (χ0n) is 14.5. The van der Waals surface area contributed by atoms with E-state index in [1.165, 1.54) is 0 Å². The zero-order valence-corrected chi connectivity index (χ0v) is 14.5. The third kappa shape index (κ3) is 2.99. The molecule has 6 heteroatoms. The molecule has 6 nitrogen and oxygen atoms in total. The van der Waals surface area contributed by atoms with Crippen LogP contribution in [0.1, 0.15) is 46.3 Å². The van der Waals surface area contributed by atoms with E-state index in [0.29, 0.717) is 12.2 Å². The summed E-state index contributed by atoms with van der Waals surface area (Å²) in [5.74, 6) is 0.234. The van der Waals surface area contributed by atoms with Crippen LogP contribution >= 0.6 is 0 Å². The molecule has 3 aromatic rings. The molecule has 0 N–H and O–H groups in total. The summed E-state index contributed by atoms with van der Waals surface area (Å²) in [6.45, 7) is 5.39. The third-order valence-electron chi connectivity index (χ3n) is 4.82. The molecule has 1 aliphatic rings. The van der Waals surface area contributed by atoms with Crippen LogP contribution in [0.2, 0.25) is 0 Å². The van der Waals surface area contributed by atoms with Crippen molar-refractivity contribution in [2.24, 2.45) is 0 Å². The summed E-state index contributed by atoms with van der Waals surface area (Å²) in [6.07, 6.45) is 7.42. The number of amides is 1. The van der Waals surface area contributed by atoms with Crippen molar-refractivity contribution in [3.05, 3.63) is 59.6 Å². The van der Waals surface area contributed by atoms with Crippen LogP contribution in [0.15, 0.2) is 36.8 Å². The third-order valence-corrected chi connectivity index (χ3v) is 4.82. The van der Waals surface area contributed by atoms with Gasteiger partial charge in [-0.1, -0.05) is 6.07 Å². The van der Waals surface area contributed by atoms with Crippen molar-refractivity contribution in [3.8, 4) is 0 Å². The van der Waals surface area contributed by atoms with E-state index >= 15 is 0 Å². The Morgan fingerprint density at radius 1 is 1.20 bits per heavy atom. The molecule has 0 bridgehead atoms. The van der Waals surface area contributed by atoms with E-state index in [9.17, 15) is 4.79 Å². The number of aryl methyl sites for hydroxylation is 2. The summed E-state index contributed by atoms with van der Waals surface area (Å²) >= 11 is 0. The van der Waals surface area contributed by atoms with Gasteiger partial charge in [-0.2, -0.15) is 0 Å². The highest BCUT2D eigenvalue weighted by molar-refractivity contribution is 5.93. The van der Waals surface area contributed by atoms with Gasteiger partial charge in [-0.25, -0.2) is 4.98 Å². The van der Waals surface area contributed by atoms with Gasteiger partial charge in [0.1, 0.15) is 11.3 Å². The van der Waals surface area contributed by atoms with Gasteiger partial charge in [0.15, 0.2) is 0 Å². The largest absolute Gasteiger partial charge is 0.337 e. The summed E-state index contributed by atoms with van der Waals surface area (Å²) < 4.78 is 1.96. The smallest absolute Gasteiger partial charge is 0.274 e. The number of fused-ring (bicyclic) bond motifs is 1. The molecule has 4 rings (SSSR count). The summed E-state index contributed by atoms with van der Waals surface area (Å²) in [4.78, 5) is 28.2. The van der Waals surface area contributed by atoms with E-state index < -0.39 is 0 Å². The van der Waals surface area contributed by atoms with Gasteiger partial charge in [-0.05, 0) is 38.8 Å². The number of carbonyl (C=O) groups is 1. The molecule has 128 valence electrons. The van der Waals surface area contributed by atoms with E-state index in [1.807, 2.05) is 53.7 Å². The minimum absolute atomic E-state index is 0.00610. The molecule has 1 saturated heterocycles. The number of nitrogens with zero attached hydrogens (tertiary/aromatic N) is 5. The van der Waals surface area contributed by atoms with Gasteiger partial charge >= 0.3 is 0 Å². The number of pyridine rings is 1. The molecule has 1 amide bonds. The van der Waals surface area contributed by atoms with Crippen molar-refractivity contribution in [1.29, 1.82) is 0 Å². The molecule has 3 aromatic heterocycles. The molecule has 1 atom stereocenters. The van der Waals surface area contributed by atoms with Crippen LogP contribution in [0.25, 0.3) is 5.65 Å². The van der Waals surface area contributed by atoms with Crippen LogP contribution in [0.4, 0.5) is 0 Å². The maximum Gasteiger partial charge on any atom is 0.274 e. The minimum Gasteiger partial charge on any atom is -0.337 e. The first-order valence-corrected chi connectivity index (χ1v) is 8.64. The molecule has 0 aromatic carbocycles. The number of rotatable bonds is 2. The average molecular weight is 335 g/mol. The number of piperidine rings is 1. The second kappa shape index (κ2) is 6.27. The quantitative estimate of drug-likeness (QED) is 0.722. The molecule has 0 unspecified atom stereocenters. The predicted molar refractivity (Wildman–Crippen MR) is 94.6 cm³/mol. The van der Waals surface area contributed by atoms with Gasteiger partial charge in [-0.15, -0.1) is 0 Å². The lowest BCUT2D eigenvalue weighted by molar-refractivity contribution is 0.0700. The van der Waals surface area contributed by atoms with Crippen molar-refractivity contribution in [1.82, 2.24) is 24.3 Å². The lowest BCUT2D eigenvalue weighted by atomic mass is 9.94. The van der Waals surface area contributed by atoms with Gasteiger partial charge in [-0.3, -0.25) is 14.8 Å². The number of likely N-dealkylation sites (tertiary alicyclic amines) is 1. The molecule has 1 fully saturated rings. The van der Waals surface area contributed by atoms with Gasteiger partial charge in [0.05, 0.1) is 11.4 Å². The molecule has 4 heterocycles. The summed E-state index contributed by atoms with van der Waals surface area (Å²) in [6, 6.07) is 5.89. The minimum atomic E-state index is -0.00610. The lowest BCUT2D eigenvalue weighted by Gasteiger charge is -2.32. The summed E-state index contributed by atoms with van der Waals surface area (Å²) in [7, 11) is 0. The maximum atomic E-state index is 12.9. The maximum absolute atomic E-state index is 12.9. The van der Waals surface area contributed by atoms with Gasteiger partial charge in [0, 0.05) is 43.3 Å². The van der Waals surface area contributed by atoms with Crippen LogP contribution in [0.5, 0.6) is 0 Å². The van der Waals surface area contributed by atoms with Crippen LogP contribution in [0.3, 0.4) is 0 Å². The molecule has 25 heavy (non-hydrogen) atoms.